The van der Waals surface area contributed by atoms with Crippen molar-refractivity contribution < 1.29 is 4.79 Å². The van der Waals surface area contributed by atoms with Crippen molar-refractivity contribution in [1.29, 1.82) is 0 Å². The van der Waals surface area contributed by atoms with E-state index < -0.39 is 0 Å². The molecule has 1 unspecified atom stereocenters. The summed E-state index contributed by atoms with van der Waals surface area (Å²) in [4.78, 5) is 16.7. The van der Waals surface area contributed by atoms with E-state index in [0.29, 0.717) is 18.7 Å². The van der Waals surface area contributed by atoms with Gasteiger partial charge in [-0.2, -0.15) is 0 Å². The van der Waals surface area contributed by atoms with E-state index >= 15 is 0 Å². The molecule has 4 nitrogen and oxygen atoms in total. The Morgan fingerprint density at radius 2 is 2.00 bits per heavy atom. The van der Waals surface area contributed by atoms with Gasteiger partial charge in [0.2, 0.25) is 0 Å². The molecule has 0 saturated carbocycles. The molecule has 2 rings (SSSR count). The van der Waals surface area contributed by atoms with Crippen LogP contribution in [0.3, 0.4) is 0 Å². The van der Waals surface area contributed by atoms with Gasteiger partial charge in [-0.25, -0.2) is 4.98 Å². The van der Waals surface area contributed by atoms with Crippen LogP contribution in [0, 0.1) is 0 Å². The highest BCUT2D eigenvalue weighted by atomic mass is 35.5. The van der Waals surface area contributed by atoms with Crippen LogP contribution in [0.25, 0.3) is 0 Å². The maximum absolute atomic E-state index is 12.4. The zero-order valence-electron chi connectivity index (χ0n) is 13.7. The SMILES string of the molecule is CC(NC(=O)c1csc(CCN)n1)C(C)(C)c1ccccc1.Cl. The number of amides is 1. The fourth-order valence-corrected chi connectivity index (χ4v) is 3.02. The van der Waals surface area contributed by atoms with Crippen LogP contribution in [0.5, 0.6) is 0 Å². The van der Waals surface area contributed by atoms with Crippen LogP contribution in [0.1, 0.15) is 41.8 Å². The number of carbonyl (C=O) groups is 1. The number of nitrogens with two attached hydrogens (primary N) is 1. The Labute approximate surface area is 147 Å². The number of halogens is 1. The zero-order chi connectivity index (χ0) is 16.2. The number of rotatable bonds is 6. The lowest BCUT2D eigenvalue weighted by Gasteiger charge is -2.32. The van der Waals surface area contributed by atoms with Crippen LogP contribution in [0.4, 0.5) is 0 Å². The molecule has 1 atom stereocenters. The number of thiazole rings is 1. The highest BCUT2D eigenvalue weighted by Crippen LogP contribution is 2.27. The maximum atomic E-state index is 12.4. The number of aromatic nitrogens is 1. The molecule has 0 aliphatic heterocycles. The third-order valence-corrected chi connectivity index (χ3v) is 5.00. The summed E-state index contributed by atoms with van der Waals surface area (Å²) in [6.45, 7) is 6.84. The van der Waals surface area contributed by atoms with E-state index in [4.69, 9.17) is 5.73 Å². The quantitative estimate of drug-likeness (QED) is 0.838. The maximum Gasteiger partial charge on any atom is 0.270 e. The highest BCUT2D eigenvalue weighted by Gasteiger charge is 2.29. The Hall–Kier alpha value is -1.43. The minimum atomic E-state index is -0.160. The van der Waals surface area contributed by atoms with Gasteiger partial charge in [-0.05, 0) is 19.0 Å². The summed E-state index contributed by atoms with van der Waals surface area (Å²) in [5.74, 6) is -0.129. The summed E-state index contributed by atoms with van der Waals surface area (Å²) in [6.07, 6.45) is 0.711. The lowest BCUT2D eigenvalue weighted by Crippen LogP contribution is -2.45. The number of hydrogen-bond acceptors (Lipinski definition) is 4. The Bertz CT molecular complexity index is 628. The van der Waals surface area contributed by atoms with Crippen LogP contribution >= 0.6 is 23.7 Å². The molecule has 2 aromatic rings. The molecule has 3 N–H and O–H groups in total. The average Bonchev–Trinajstić information content (AvgIpc) is 2.97. The molecule has 126 valence electrons. The zero-order valence-corrected chi connectivity index (χ0v) is 15.3. The molecule has 1 aromatic heterocycles. The molecular formula is C17H24ClN3OS. The van der Waals surface area contributed by atoms with Crippen LogP contribution in [-0.2, 0) is 11.8 Å². The van der Waals surface area contributed by atoms with E-state index in [-0.39, 0.29) is 29.8 Å². The second-order valence-electron chi connectivity index (χ2n) is 5.95. The first-order valence-corrected chi connectivity index (χ1v) is 8.34. The minimum Gasteiger partial charge on any atom is -0.347 e. The third-order valence-electron chi connectivity index (χ3n) is 4.09. The lowest BCUT2D eigenvalue weighted by atomic mass is 9.78. The monoisotopic (exact) mass is 353 g/mol. The van der Waals surface area contributed by atoms with Crippen molar-refractivity contribution in [1.82, 2.24) is 10.3 Å². The first-order valence-electron chi connectivity index (χ1n) is 7.46. The molecule has 0 radical (unpaired) electrons. The van der Waals surface area contributed by atoms with E-state index in [1.807, 2.05) is 25.1 Å². The average molecular weight is 354 g/mol. The van der Waals surface area contributed by atoms with Crippen molar-refractivity contribution in [3.8, 4) is 0 Å². The molecule has 0 spiro atoms. The molecule has 1 heterocycles. The van der Waals surface area contributed by atoms with E-state index in [2.05, 4.69) is 36.3 Å². The standard InChI is InChI=1S/C17H23N3OS.ClH/c1-12(17(2,3)13-7-5-4-6-8-13)19-16(21)14-11-22-15(20-14)9-10-18;/h4-8,11-12H,9-10,18H2,1-3H3,(H,19,21);1H. The van der Waals surface area contributed by atoms with Crippen molar-refractivity contribution in [2.24, 2.45) is 5.73 Å². The smallest absolute Gasteiger partial charge is 0.270 e. The molecule has 0 fully saturated rings. The predicted molar refractivity (Wildman–Crippen MR) is 98.5 cm³/mol. The molecule has 23 heavy (non-hydrogen) atoms. The van der Waals surface area contributed by atoms with Crippen molar-refractivity contribution in [2.45, 2.75) is 38.6 Å². The predicted octanol–water partition coefficient (Wildman–Crippen LogP) is 3.16. The van der Waals surface area contributed by atoms with Gasteiger partial charge in [0.1, 0.15) is 5.69 Å². The van der Waals surface area contributed by atoms with Crippen molar-refractivity contribution in [3.05, 3.63) is 52.0 Å². The number of nitrogens with one attached hydrogen (secondary N) is 1. The van der Waals surface area contributed by atoms with Gasteiger partial charge in [-0.1, -0.05) is 44.2 Å². The Morgan fingerprint density at radius 3 is 2.61 bits per heavy atom. The summed E-state index contributed by atoms with van der Waals surface area (Å²) in [5.41, 5.74) is 7.03. The van der Waals surface area contributed by atoms with Crippen molar-refractivity contribution >= 4 is 29.7 Å². The summed E-state index contributed by atoms with van der Waals surface area (Å²) >= 11 is 1.48. The van der Waals surface area contributed by atoms with Crippen LogP contribution in [-0.4, -0.2) is 23.5 Å². The second kappa shape index (κ2) is 8.43. The fraction of sp³-hybridized carbons (Fsp3) is 0.412. The Morgan fingerprint density at radius 1 is 1.35 bits per heavy atom. The molecule has 1 amide bonds. The Kier molecular flexibility index (Phi) is 7.19. The normalized spacial score (nSPS) is 12.3. The van der Waals surface area contributed by atoms with E-state index in [9.17, 15) is 4.79 Å². The third kappa shape index (κ3) is 4.77. The highest BCUT2D eigenvalue weighted by molar-refractivity contribution is 7.09. The molecule has 0 aliphatic rings. The van der Waals surface area contributed by atoms with Gasteiger partial charge in [0.25, 0.3) is 5.91 Å². The molecule has 1 aromatic carbocycles. The van der Waals surface area contributed by atoms with Gasteiger partial charge in [-0.15, -0.1) is 23.7 Å². The van der Waals surface area contributed by atoms with E-state index in [1.165, 1.54) is 16.9 Å². The summed E-state index contributed by atoms with van der Waals surface area (Å²) in [5, 5.41) is 5.76. The summed E-state index contributed by atoms with van der Waals surface area (Å²) in [7, 11) is 0. The van der Waals surface area contributed by atoms with Crippen molar-refractivity contribution in [3.63, 3.8) is 0 Å². The van der Waals surface area contributed by atoms with Crippen LogP contribution in [0.15, 0.2) is 35.7 Å². The topological polar surface area (TPSA) is 68.0 Å². The Balaban J connectivity index is 0.00000264. The number of benzene rings is 1. The van der Waals surface area contributed by atoms with E-state index in [0.717, 1.165) is 5.01 Å². The molecule has 0 aliphatic carbocycles. The number of carbonyl (C=O) groups excluding carboxylic acids is 1. The van der Waals surface area contributed by atoms with Crippen LogP contribution < -0.4 is 11.1 Å². The number of nitrogens with zero attached hydrogens (tertiary/aromatic N) is 1. The first-order chi connectivity index (χ1) is 10.4. The summed E-state index contributed by atoms with van der Waals surface area (Å²) in [6, 6.07) is 10.2. The van der Waals surface area contributed by atoms with Gasteiger partial charge in [0.05, 0.1) is 5.01 Å². The van der Waals surface area contributed by atoms with Crippen LogP contribution in [0.2, 0.25) is 0 Å². The molecular weight excluding hydrogens is 330 g/mol. The largest absolute Gasteiger partial charge is 0.347 e. The summed E-state index contributed by atoms with van der Waals surface area (Å²) < 4.78 is 0. The van der Waals surface area contributed by atoms with Gasteiger partial charge in [0.15, 0.2) is 0 Å². The van der Waals surface area contributed by atoms with Gasteiger partial charge < -0.3 is 11.1 Å². The van der Waals surface area contributed by atoms with E-state index in [1.54, 1.807) is 5.38 Å². The number of hydrogen-bond donors (Lipinski definition) is 2. The van der Waals surface area contributed by atoms with Gasteiger partial charge >= 0.3 is 0 Å². The fourth-order valence-electron chi connectivity index (χ4n) is 2.22. The lowest BCUT2D eigenvalue weighted by molar-refractivity contribution is 0.0919. The first kappa shape index (κ1) is 19.6. The molecule has 0 bridgehead atoms. The van der Waals surface area contributed by atoms with Gasteiger partial charge in [-0.3, -0.25) is 4.79 Å². The minimum absolute atomic E-state index is 0. The van der Waals surface area contributed by atoms with Gasteiger partial charge in [0, 0.05) is 23.3 Å². The molecule has 6 heteroatoms. The molecule has 0 saturated heterocycles. The second-order valence-corrected chi connectivity index (χ2v) is 6.89. The van der Waals surface area contributed by atoms with Crippen molar-refractivity contribution in [2.75, 3.05) is 6.54 Å².